The third kappa shape index (κ3) is 3.13. The van der Waals surface area contributed by atoms with Crippen LogP contribution in [0, 0.1) is 44.3 Å². The van der Waals surface area contributed by atoms with E-state index in [0.717, 1.165) is 38.5 Å². The van der Waals surface area contributed by atoms with Crippen LogP contribution in [-0.4, -0.2) is 29.9 Å². The van der Waals surface area contributed by atoms with E-state index in [9.17, 15) is 14.4 Å². The second kappa shape index (κ2) is 7.32. The normalized spacial score (nSPS) is 39.8. The Morgan fingerprint density at radius 3 is 1.21 bits per heavy atom. The molecule has 4 saturated carbocycles. The molecule has 0 aromatic carbocycles. The molecule has 4 aliphatic carbocycles. The first-order chi connectivity index (χ1) is 15.3. The zero-order valence-corrected chi connectivity index (χ0v) is 23.1. The lowest BCUT2D eigenvalue weighted by Gasteiger charge is -2.40. The molecule has 4 aliphatic rings. The van der Waals surface area contributed by atoms with Crippen molar-refractivity contribution in [3.63, 3.8) is 0 Å². The van der Waals surface area contributed by atoms with Crippen molar-refractivity contribution in [2.45, 2.75) is 120 Å². The predicted octanol–water partition coefficient (Wildman–Crippen LogP) is 6.12. The number of fused-ring (bicyclic) bond motifs is 4. The summed E-state index contributed by atoms with van der Waals surface area (Å²) >= 11 is 0. The summed E-state index contributed by atoms with van der Waals surface area (Å²) in [7, 11) is 0. The predicted molar refractivity (Wildman–Crippen MR) is 131 cm³/mol. The summed E-state index contributed by atoms with van der Waals surface area (Å²) in [6.07, 6.45) is 5.72. The molecule has 192 valence electrons. The molecule has 6 atom stereocenters. The molecule has 4 rings (SSSR count). The van der Waals surface area contributed by atoms with Gasteiger partial charge in [-0.3, -0.25) is 14.4 Å². The Morgan fingerprint density at radius 1 is 0.647 bits per heavy atom. The van der Waals surface area contributed by atoms with Crippen LogP contribution in [0.2, 0.25) is 0 Å². The highest BCUT2D eigenvalue weighted by molar-refractivity contribution is 6.13. The minimum Gasteiger partial charge on any atom is -0.461 e. The van der Waals surface area contributed by atoms with E-state index in [1.54, 1.807) is 27.7 Å². The zero-order chi connectivity index (χ0) is 25.7. The standard InChI is InChI=1S/C29H46O5/c1-24(2,22(31)33-19-15-17-11-13-28(19,9)26(17,5)6)21(30)25(3,4)23(32)34-20-16-18-12-14-29(20,10)27(18,7)8/h17-20H,11-16H2,1-10H3/t17-,18-,19+,20+,28+,29+/m0/s1. The number of esters is 2. The van der Waals surface area contributed by atoms with Crippen molar-refractivity contribution in [2.24, 2.45) is 44.3 Å². The molecular weight excluding hydrogens is 428 g/mol. The van der Waals surface area contributed by atoms with Gasteiger partial charge in [-0.05, 0) is 88.9 Å². The van der Waals surface area contributed by atoms with Crippen LogP contribution in [0.5, 0.6) is 0 Å². The van der Waals surface area contributed by atoms with Crippen LogP contribution < -0.4 is 0 Å². The molecule has 4 bridgehead atoms. The number of ketones is 1. The van der Waals surface area contributed by atoms with Crippen molar-refractivity contribution in [3.05, 3.63) is 0 Å². The minimum atomic E-state index is -1.43. The monoisotopic (exact) mass is 474 g/mol. The van der Waals surface area contributed by atoms with Crippen molar-refractivity contribution in [3.8, 4) is 0 Å². The molecule has 0 unspecified atom stereocenters. The molecule has 0 aromatic heterocycles. The van der Waals surface area contributed by atoms with Gasteiger partial charge in [0.1, 0.15) is 23.0 Å². The Bertz CT molecular complexity index is 839. The Balaban J connectivity index is 1.45. The molecule has 34 heavy (non-hydrogen) atoms. The molecule has 5 nitrogen and oxygen atoms in total. The molecule has 0 saturated heterocycles. The maximum atomic E-state index is 13.6. The lowest BCUT2D eigenvalue weighted by Crippen LogP contribution is -2.50. The average molecular weight is 475 g/mol. The largest absolute Gasteiger partial charge is 0.461 e. The second-order valence-electron chi connectivity index (χ2n) is 14.6. The number of hydrogen-bond acceptors (Lipinski definition) is 5. The SMILES string of the molecule is CC(C)(C(=O)O[C@@H]1C[C@@H]2CC[C@@]1(C)C2(C)C)C(=O)C(C)(C)C(=O)O[C@@H]1C[C@@H]2CC[C@@]1(C)C2(C)C. The Kier molecular flexibility index (Phi) is 5.53. The van der Waals surface area contributed by atoms with Crippen molar-refractivity contribution in [1.29, 1.82) is 0 Å². The molecule has 4 fully saturated rings. The second-order valence-corrected chi connectivity index (χ2v) is 14.6. The van der Waals surface area contributed by atoms with Gasteiger partial charge in [0, 0.05) is 10.8 Å². The van der Waals surface area contributed by atoms with Crippen LogP contribution in [-0.2, 0) is 23.9 Å². The van der Waals surface area contributed by atoms with Crippen LogP contribution >= 0.6 is 0 Å². The van der Waals surface area contributed by atoms with E-state index in [1.807, 2.05) is 0 Å². The molecule has 0 heterocycles. The topological polar surface area (TPSA) is 69.7 Å². The Hall–Kier alpha value is -1.39. The Labute approximate surface area is 206 Å². The number of hydrogen-bond donors (Lipinski definition) is 0. The summed E-state index contributed by atoms with van der Waals surface area (Å²) in [4.78, 5) is 40.4. The van der Waals surface area contributed by atoms with Gasteiger partial charge in [0.2, 0.25) is 0 Å². The number of rotatable bonds is 6. The summed E-state index contributed by atoms with van der Waals surface area (Å²) in [5.74, 6) is -0.419. The number of Topliss-reactive ketones (excluding diaryl/α,β-unsaturated/α-hetero) is 1. The number of ether oxygens (including phenoxy) is 2. The van der Waals surface area contributed by atoms with Crippen molar-refractivity contribution >= 4 is 17.7 Å². The van der Waals surface area contributed by atoms with Crippen LogP contribution in [0.15, 0.2) is 0 Å². The molecule has 0 aromatic rings. The van der Waals surface area contributed by atoms with Gasteiger partial charge in [-0.1, -0.05) is 41.5 Å². The molecular formula is C29H46O5. The lowest BCUT2D eigenvalue weighted by molar-refractivity contribution is -0.178. The van der Waals surface area contributed by atoms with E-state index in [0.29, 0.717) is 11.8 Å². The maximum absolute atomic E-state index is 13.6. The maximum Gasteiger partial charge on any atom is 0.319 e. The van der Waals surface area contributed by atoms with Crippen molar-refractivity contribution < 1.29 is 23.9 Å². The summed E-state index contributed by atoms with van der Waals surface area (Å²) < 4.78 is 12.1. The van der Waals surface area contributed by atoms with Crippen LogP contribution in [0.4, 0.5) is 0 Å². The van der Waals surface area contributed by atoms with Crippen molar-refractivity contribution in [2.75, 3.05) is 0 Å². The zero-order valence-electron chi connectivity index (χ0n) is 23.1. The molecule has 0 spiro atoms. The van der Waals surface area contributed by atoms with E-state index in [4.69, 9.17) is 9.47 Å². The van der Waals surface area contributed by atoms with Gasteiger partial charge in [-0.2, -0.15) is 0 Å². The summed E-state index contributed by atoms with van der Waals surface area (Å²) in [6.45, 7) is 19.9. The van der Waals surface area contributed by atoms with E-state index in [2.05, 4.69) is 41.5 Å². The highest BCUT2D eigenvalue weighted by Gasteiger charge is 2.65. The first-order valence-electron chi connectivity index (χ1n) is 13.3. The Morgan fingerprint density at radius 2 is 0.971 bits per heavy atom. The van der Waals surface area contributed by atoms with E-state index in [-0.39, 0.29) is 33.9 Å². The average Bonchev–Trinajstić information content (AvgIpc) is 3.25. The van der Waals surface area contributed by atoms with Gasteiger partial charge in [-0.25, -0.2) is 0 Å². The summed E-state index contributed by atoms with van der Waals surface area (Å²) in [5.41, 5.74) is -2.79. The highest BCUT2D eigenvalue weighted by Crippen LogP contribution is 2.67. The first kappa shape index (κ1) is 25.7. The van der Waals surface area contributed by atoms with Gasteiger partial charge in [0.15, 0.2) is 5.78 Å². The van der Waals surface area contributed by atoms with E-state index in [1.165, 1.54) is 0 Å². The van der Waals surface area contributed by atoms with Crippen LogP contribution in [0.3, 0.4) is 0 Å². The molecule has 0 radical (unpaired) electrons. The van der Waals surface area contributed by atoms with Gasteiger partial charge < -0.3 is 9.47 Å². The number of carbonyl (C=O) groups is 3. The summed E-state index contributed by atoms with van der Waals surface area (Å²) in [6, 6.07) is 0. The van der Waals surface area contributed by atoms with Crippen molar-refractivity contribution in [1.82, 2.24) is 0 Å². The highest BCUT2D eigenvalue weighted by atomic mass is 16.6. The van der Waals surface area contributed by atoms with Crippen LogP contribution in [0.25, 0.3) is 0 Å². The fourth-order valence-corrected chi connectivity index (χ4v) is 8.14. The molecule has 0 aliphatic heterocycles. The number of carbonyl (C=O) groups excluding carboxylic acids is 3. The first-order valence-corrected chi connectivity index (χ1v) is 13.3. The third-order valence-electron chi connectivity index (χ3n) is 12.1. The third-order valence-corrected chi connectivity index (χ3v) is 12.1. The van der Waals surface area contributed by atoms with Gasteiger partial charge in [0.25, 0.3) is 0 Å². The van der Waals surface area contributed by atoms with Gasteiger partial charge in [-0.15, -0.1) is 0 Å². The minimum absolute atomic E-state index is 0.0784. The van der Waals surface area contributed by atoms with Gasteiger partial charge >= 0.3 is 11.9 Å². The van der Waals surface area contributed by atoms with Crippen LogP contribution in [0.1, 0.15) is 108 Å². The van der Waals surface area contributed by atoms with E-state index >= 15 is 0 Å². The quantitative estimate of drug-likeness (QED) is 0.342. The molecule has 0 amide bonds. The van der Waals surface area contributed by atoms with E-state index < -0.39 is 28.6 Å². The van der Waals surface area contributed by atoms with Gasteiger partial charge in [0.05, 0.1) is 0 Å². The lowest BCUT2D eigenvalue weighted by atomic mass is 9.69. The fraction of sp³-hybridized carbons (Fsp3) is 0.897. The smallest absolute Gasteiger partial charge is 0.319 e. The molecule has 0 N–H and O–H groups in total. The summed E-state index contributed by atoms with van der Waals surface area (Å²) in [5, 5.41) is 0. The molecule has 5 heteroatoms. The fourth-order valence-electron chi connectivity index (χ4n) is 8.14.